The summed E-state index contributed by atoms with van der Waals surface area (Å²) in [5.41, 5.74) is 4.83. The number of likely N-dealkylation sites (N-methyl/N-ethyl adjacent to an activating group) is 1. The van der Waals surface area contributed by atoms with E-state index < -0.39 is 0 Å². The van der Waals surface area contributed by atoms with Crippen molar-refractivity contribution >= 4 is 6.09 Å². The van der Waals surface area contributed by atoms with Gasteiger partial charge in [0.1, 0.15) is 6.61 Å². The van der Waals surface area contributed by atoms with Gasteiger partial charge in [-0.05, 0) is 36.3 Å². The highest BCUT2D eigenvalue weighted by molar-refractivity contribution is 5.79. The van der Waals surface area contributed by atoms with E-state index >= 15 is 0 Å². The SMILES string of the molecule is CN(C)CCN(CCOCCO)C(=O)OCC1c2ccccc2-c2ccccc21. The predicted molar refractivity (Wildman–Crippen MR) is 113 cm³/mol. The minimum absolute atomic E-state index is 0.0252. The number of nitrogens with zero attached hydrogens (tertiary/aromatic N) is 2. The molecule has 0 spiro atoms. The predicted octanol–water partition coefficient (Wildman–Crippen LogP) is 2.81. The molecule has 0 unspecified atom stereocenters. The Kier molecular flexibility index (Phi) is 7.63. The lowest BCUT2D eigenvalue weighted by Crippen LogP contribution is -2.39. The fourth-order valence-electron chi connectivity index (χ4n) is 3.64. The molecule has 0 atom stereocenters. The van der Waals surface area contributed by atoms with Crippen molar-refractivity contribution in [1.82, 2.24) is 9.80 Å². The van der Waals surface area contributed by atoms with E-state index in [2.05, 4.69) is 24.3 Å². The Morgan fingerprint density at radius 1 is 0.931 bits per heavy atom. The van der Waals surface area contributed by atoms with Crippen LogP contribution in [0.25, 0.3) is 11.1 Å². The summed E-state index contributed by atoms with van der Waals surface area (Å²) in [5.74, 6) is 0.0488. The van der Waals surface area contributed by atoms with Crippen molar-refractivity contribution in [2.24, 2.45) is 0 Å². The summed E-state index contributed by atoms with van der Waals surface area (Å²) in [5, 5.41) is 8.85. The van der Waals surface area contributed by atoms with Crippen molar-refractivity contribution in [2.45, 2.75) is 5.92 Å². The van der Waals surface area contributed by atoms with Gasteiger partial charge in [0.25, 0.3) is 0 Å². The summed E-state index contributed by atoms with van der Waals surface area (Å²) in [7, 11) is 3.94. The summed E-state index contributed by atoms with van der Waals surface area (Å²) in [6.07, 6.45) is -0.332. The van der Waals surface area contributed by atoms with E-state index in [1.165, 1.54) is 22.3 Å². The van der Waals surface area contributed by atoms with Crippen LogP contribution in [0.4, 0.5) is 4.79 Å². The number of rotatable bonds is 10. The summed E-state index contributed by atoms with van der Waals surface area (Å²) in [6.45, 7) is 2.66. The molecule has 0 aromatic heterocycles. The van der Waals surface area contributed by atoms with Crippen molar-refractivity contribution in [3.63, 3.8) is 0 Å². The summed E-state index contributed by atoms with van der Waals surface area (Å²) in [6, 6.07) is 16.6. The van der Waals surface area contributed by atoms with Gasteiger partial charge in [-0.2, -0.15) is 0 Å². The molecule has 29 heavy (non-hydrogen) atoms. The van der Waals surface area contributed by atoms with Crippen LogP contribution < -0.4 is 0 Å². The Bertz CT molecular complexity index is 763. The molecule has 1 N–H and O–H groups in total. The number of aliphatic hydroxyl groups is 1. The molecule has 0 heterocycles. The van der Waals surface area contributed by atoms with Crippen LogP contribution in [0.1, 0.15) is 17.0 Å². The zero-order chi connectivity index (χ0) is 20.6. The fraction of sp³-hybridized carbons (Fsp3) is 0.435. The first-order valence-corrected chi connectivity index (χ1v) is 10.0. The van der Waals surface area contributed by atoms with E-state index in [4.69, 9.17) is 14.6 Å². The molecule has 1 amide bonds. The van der Waals surface area contributed by atoms with Crippen LogP contribution in [0, 0.1) is 0 Å². The first-order valence-electron chi connectivity index (χ1n) is 10.0. The maximum Gasteiger partial charge on any atom is 0.409 e. The van der Waals surface area contributed by atoms with Gasteiger partial charge in [0, 0.05) is 25.6 Å². The molecule has 0 radical (unpaired) electrons. The molecule has 2 aromatic carbocycles. The standard InChI is InChI=1S/C23H30N2O4/c1-24(2)11-12-25(13-15-28-16-14-26)23(27)29-17-22-20-9-5-3-7-18(20)19-8-4-6-10-21(19)22/h3-10,22,26H,11-17H2,1-2H3. The van der Waals surface area contributed by atoms with Gasteiger partial charge in [0.05, 0.1) is 19.8 Å². The number of carbonyl (C=O) groups is 1. The molecule has 3 rings (SSSR count). The Morgan fingerprint density at radius 3 is 2.14 bits per heavy atom. The first kappa shape index (κ1) is 21.3. The van der Waals surface area contributed by atoms with Gasteiger partial charge >= 0.3 is 6.09 Å². The molecule has 0 aliphatic heterocycles. The Balaban J connectivity index is 1.65. The Morgan fingerprint density at radius 2 is 1.55 bits per heavy atom. The second-order valence-electron chi connectivity index (χ2n) is 7.43. The largest absolute Gasteiger partial charge is 0.448 e. The van der Waals surface area contributed by atoms with Crippen LogP contribution in [0.15, 0.2) is 48.5 Å². The Labute approximate surface area is 172 Å². The van der Waals surface area contributed by atoms with Gasteiger partial charge in [-0.25, -0.2) is 4.79 Å². The van der Waals surface area contributed by atoms with Crippen LogP contribution in [-0.2, 0) is 9.47 Å². The van der Waals surface area contributed by atoms with E-state index in [9.17, 15) is 4.79 Å². The molecule has 0 bridgehead atoms. The molecule has 0 fully saturated rings. The number of hydrogen-bond donors (Lipinski definition) is 1. The highest BCUT2D eigenvalue weighted by Gasteiger charge is 2.29. The minimum atomic E-state index is -0.332. The van der Waals surface area contributed by atoms with Crippen LogP contribution in [0.2, 0.25) is 0 Å². The van der Waals surface area contributed by atoms with Crippen molar-refractivity contribution < 1.29 is 19.4 Å². The number of ether oxygens (including phenoxy) is 2. The lowest BCUT2D eigenvalue weighted by Gasteiger charge is -2.25. The van der Waals surface area contributed by atoms with E-state index in [1.54, 1.807) is 4.90 Å². The average molecular weight is 399 g/mol. The van der Waals surface area contributed by atoms with Crippen molar-refractivity contribution in [3.05, 3.63) is 59.7 Å². The number of fused-ring (bicyclic) bond motifs is 3. The maximum atomic E-state index is 12.8. The summed E-state index contributed by atoms with van der Waals surface area (Å²) >= 11 is 0. The third-order valence-corrected chi connectivity index (χ3v) is 5.15. The number of aliphatic hydroxyl groups excluding tert-OH is 1. The third kappa shape index (κ3) is 5.35. The minimum Gasteiger partial charge on any atom is -0.448 e. The maximum absolute atomic E-state index is 12.8. The molecule has 156 valence electrons. The molecular formula is C23H30N2O4. The van der Waals surface area contributed by atoms with Gasteiger partial charge < -0.3 is 24.4 Å². The van der Waals surface area contributed by atoms with E-state index in [0.717, 1.165) is 6.54 Å². The molecule has 0 saturated carbocycles. The third-order valence-electron chi connectivity index (χ3n) is 5.15. The summed E-state index contributed by atoms with van der Waals surface area (Å²) in [4.78, 5) is 16.5. The average Bonchev–Trinajstić information content (AvgIpc) is 3.05. The first-order chi connectivity index (χ1) is 14.1. The van der Waals surface area contributed by atoms with Crippen LogP contribution >= 0.6 is 0 Å². The van der Waals surface area contributed by atoms with Gasteiger partial charge in [-0.1, -0.05) is 48.5 Å². The monoisotopic (exact) mass is 398 g/mol. The highest BCUT2D eigenvalue weighted by atomic mass is 16.6. The van der Waals surface area contributed by atoms with E-state index in [1.807, 2.05) is 43.3 Å². The van der Waals surface area contributed by atoms with E-state index in [-0.39, 0.29) is 25.2 Å². The normalized spacial score (nSPS) is 12.7. The quantitative estimate of drug-likeness (QED) is 0.624. The summed E-state index contributed by atoms with van der Waals surface area (Å²) < 4.78 is 11.1. The second-order valence-corrected chi connectivity index (χ2v) is 7.43. The Hall–Kier alpha value is -2.41. The number of hydrogen-bond acceptors (Lipinski definition) is 5. The zero-order valence-corrected chi connectivity index (χ0v) is 17.2. The topological polar surface area (TPSA) is 62.2 Å². The molecule has 0 saturated heterocycles. The van der Waals surface area contributed by atoms with Crippen molar-refractivity contribution in [1.29, 1.82) is 0 Å². The fourth-order valence-corrected chi connectivity index (χ4v) is 3.64. The van der Waals surface area contributed by atoms with Crippen LogP contribution in [0.3, 0.4) is 0 Å². The van der Waals surface area contributed by atoms with Gasteiger partial charge in [-0.3, -0.25) is 0 Å². The molecule has 6 heteroatoms. The number of amides is 1. The van der Waals surface area contributed by atoms with Crippen LogP contribution in [-0.4, -0.2) is 81.2 Å². The van der Waals surface area contributed by atoms with Gasteiger partial charge in [-0.15, -0.1) is 0 Å². The van der Waals surface area contributed by atoms with Crippen LogP contribution in [0.5, 0.6) is 0 Å². The van der Waals surface area contributed by atoms with E-state index in [0.29, 0.717) is 26.3 Å². The zero-order valence-electron chi connectivity index (χ0n) is 17.2. The lowest BCUT2D eigenvalue weighted by molar-refractivity contribution is 0.0586. The molecule has 1 aliphatic rings. The highest BCUT2D eigenvalue weighted by Crippen LogP contribution is 2.44. The number of benzene rings is 2. The van der Waals surface area contributed by atoms with Crippen molar-refractivity contribution in [3.8, 4) is 11.1 Å². The smallest absolute Gasteiger partial charge is 0.409 e. The van der Waals surface area contributed by atoms with Gasteiger partial charge in [0.2, 0.25) is 0 Å². The van der Waals surface area contributed by atoms with Crippen molar-refractivity contribution in [2.75, 3.05) is 60.2 Å². The molecule has 1 aliphatic carbocycles. The molecular weight excluding hydrogens is 368 g/mol. The second kappa shape index (κ2) is 10.4. The molecule has 2 aromatic rings. The number of carbonyl (C=O) groups excluding carboxylic acids is 1. The van der Waals surface area contributed by atoms with Gasteiger partial charge in [0.15, 0.2) is 0 Å². The molecule has 6 nitrogen and oxygen atoms in total. The lowest BCUT2D eigenvalue weighted by atomic mass is 9.98.